The lowest BCUT2D eigenvalue weighted by atomic mass is 10.2. The zero-order valence-electron chi connectivity index (χ0n) is 8.03. The molecule has 1 heterocycles. The van der Waals surface area contributed by atoms with Gasteiger partial charge in [-0.3, -0.25) is 4.79 Å². The fourth-order valence-electron chi connectivity index (χ4n) is 1.02. The Morgan fingerprint density at radius 1 is 1.67 bits per heavy atom. The van der Waals surface area contributed by atoms with E-state index in [0.717, 1.165) is 0 Å². The van der Waals surface area contributed by atoms with Gasteiger partial charge in [0.1, 0.15) is 5.15 Å². The molecule has 15 heavy (non-hydrogen) atoms. The zero-order valence-corrected chi connectivity index (χ0v) is 8.79. The van der Waals surface area contributed by atoms with Gasteiger partial charge in [-0.25, -0.2) is 4.98 Å². The predicted molar refractivity (Wildman–Crippen MR) is 56.4 cm³/mol. The van der Waals surface area contributed by atoms with E-state index in [4.69, 9.17) is 16.9 Å². The minimum Gasteiger partial charge on any atom is -0.352 e. The topological polar surface area (TPSA) is 65.8 Å². The molecule has 1 aromatic rings. The Labute approximate surface area is 92.9 Å². The fourth-order valence-corrected chi connectivity index (χ4v) is 1.19. The van der Waals surface area contributed by atoms with Gasteiger partial charge in [-0.1, -0.05) is 11.6 Å². The summed E-state index contributed by atoms with van der Waals surface area (Å²) in [7, 11) is 0. The van der Waals surface area contributed by atoms with Gasteiger partial charge in [-0.15, -0.1) is 0 Å². The van der Waals surface area contributed by atoms with Crippen LogP contribution in [0.5, 0.6) is 0 Å². The average molecular weight is 224 g/mol. The Morgan fingerprint density at radius 3 is 3.13 bits per heavy atom. The van der Waals surface area contributed by atoms with E-state index in [9.17, 15) is 4.79 Å². The minimum atomic E-state index is -0.197. The third-order valence-electron chi connectivity index (χ3n) is 1.74. The molecule has 4 nitrogen and oxygen atoms in total. The average Bonchev–Trinajstić information content (AvgIpc) is 2.24. The number of pyridine rings is 1. The molecule has 0 aliphatic carbocycles. The molecule has 0 aromatic carbocycles. The first-order chi connectivity index (χ1) is 7.24. The maximum Gasteiger partial charge on any atom is 0.251 e. The van der Waals surface area contributed by atoms with Gasteiger partial charge < -0.3 is 5.32 Å². The van der Waals surface area contributed by atoms with Crippen LogP contribution in [0.4, 0.5) is 0 Å². The first-order valence-electron chi connectivity index (χ1n) is 4.50. The molecule has 1 amide bonds. The van der Waals surface area contributed by atoms with Crippen LogP contribution in [0.1, 0.15) is 23.2 Å². The van der Waals surface area contributed by atoms with Crippen LogP contribution in [0.25, 0.3) is 0 Å². The second-order valence-electron chi connectivity index (χ2n) is 2.88. The second kappa shape index (κ2) is 5.99. The van der Waals surface area contributed by atoms with Crippen molar-refractivity contribution in [3.05, 3.63) is 29.0 Å². The van der Waals surface area contributed by atoms with E-state index in [1.54, 1.807) is 6.07 Å². The molecule has 0 spiro atoms. The molecule has 0 aliphatic rings. The molecule has 78 valence electrons. The third-order valence-corrected chi connectivity index (χ3v) is 1.95. The van der Waals surface area contributed by atoms with E-state index in [1.807, 2.05) is 6.07 Å². The Hall–Kier alpha value is -1.60. The molecule has 0 radical (unpaired) electrons. The Kier molecular flexibility index (Phi) is 4.58. The minimum absolute atomic E-state index is 0.197. The van der Waals surface area contributed by atoms with Crippen molar-refractivity contribution in [3.63, 3.8) is 0 Å². The van der Waals surface area contributed by atoms with Crippen molar-refractivity contribution >= 4 is 17.5 Å². The van der Waals surface area contributed by atoms with Gasteiger partial charge in [0.15, 0.2) is 0 Å². The van der Waals surface area contributed by atoms with Crippen molar-refractivity contribution in [2.75, 3.05) is 6.54 Å². The molecule has 0 aliphatic heterocycles. The van der Waals surface area contributed by atoms with Crippen molar-refractivity contribution in [1.29, 1.82) is 5.26 Å². The molecule has 1 aromatic heterocycles. The summed E-state index contributed by atoms with van der Waals surface area (Å²) >= 11 is 5.64. The van der Waals surface area contributed by atoms with Crippen LogP contribution in [0.2, 0.25) is 5.15 Å². The molecule has 0 bridgehead atoms. The molecule has 5 heteroatoms. The fraction of sp³-hybridized carbons (Fsp3) is 0.300. The summed E-state index contributed by atoms with van der Waals surface area (Å²) < 4.78 is 0. The van der Waals surface area contributed by atoms with Crippen LogP contribution in [-0.4, -0.2) is 17.4 Å². The van der Waals surface area contributed by atoms with Crippen molar-refractivity contribution in [2.24, 2.45) is 0 Å². The molecule has 0 atom stereocenters. The smallest absolute Gasteiger partial charge is 0.251 e. The van der Waals surface area contributed by atoms with Crippen molar-refractivity contribution in [3.8, 4) is 6.07 Å². The number of nitrogens with one attached hydrogen (secondary N) is 1. The first-order valence-corrected chi connectivity index (χ1v) is 4.88. The summed E-state index contributed by atoms with van der Waals surface area (Å²) in [5.41, 5.74) is 0.479. The van der Waals surface area contributed by atoms with E-state index in [-0.39, 0.29) is 5.91 Å². The number of carbonyl (C=O) groups excluding carboxylic acids is 1. The van der Waals surface area contributed by atoms with Gasteiger partial charge in [0.25, 0.3) is 5.91 Å². The number of nitrogens with zero attached hydrogens (tertiary/aromatic N) is 2. The lowest BCUT2D eigenvalue weighted by molar-refractivity contribution is 0.0953. The van der Waals surface area contributed by atoms with Crippen LogP contribution in [0.3, 0.4) is 0 Å². The van der Waals surface area contributed by atoms with E-state index < -0.39 is 0 Å². The molecular weight excluding hydrogens is 214 g/mol. The maximum atomic E-state index is 11.5. The van der Waals surface area contributed by atoms with E-state index in [2.05, 4.69) is 10.3 Å². The lowest BCUT2D eigenvalue weighted by Gasteiger charge is -2.03. The number of hydrogen-bond donors (Lipinski definition) is 1. The highest BCUT2D eigenvalue weighted by atomic mass is 35.5. The van der Waals surface area contributed by atoms with Crippen molar-refractivity contribution in [2.45, 2.75) is 12.8 Å². The molecule has 0 saturated carbocycles. The number of carbonyl (C=O) groups is 1. The summed E-state index contributed by atoms with van der Waals surface area (Å²) in [5.74, 6) is -0.197. The number of halogens is 1. The first kappa shape index (κ1) is 11.5. The van der Waals surface area contributed by atoms with Crippen molar-refractivity contribution in [1.82, 2.24) is 10.3 Å². The zero-order chi connectivity index (χ0) is 11.1. The van der Waals surface area contributed by atoms with Gasteiger partial charge in [-0.05, 0) is 18.6 Å². The highest BCUT2D eigenvalue weighted by molar-refractivity contribution is 6.29. The van der Waals surface area contributed by atoms with E-state index in [0.29, 0.717) is 30.1 Å². The van der Waals surface area contributed by atoms with Crippen LogP contribution >= 0.6 is 11.6 Å². The standard InChI is InChI=1S/C10H10ClN3O/c11-9-7-8(3-6-13-9)10(15)14-5-2-1-4-12/h3,6-7H,1-2,5H2,(H,14,15). The largest absolute Gasteiger partial charge is 0.352 e. The van der Waals surface area contributed by atoms with Gasteiger partial charge >= 0.3 is 0 Å². The SMILES string of the molecule is N#CCCCNC(=O)c1ccnc(Cl)c1. The summed E-state index contributed by atoms with van der Waals surface area (Å²) in [5, 5.41) is 11.3. The maximum absolute atomic E-state index is 11.5. The van der Waals surface area contributed by atoms with Crippen LogP contribution < -0.4 is 5.32 Å². The van der Waals surface area contributed by atoms with Crippen LogP contribution in [0, 0.1) is 11.3 Å². The van der Waals surface area contributed by atoms with E-state index >= 15 is 0 Å². The lowest BCUT2D eigenvalue weighted by Crippen LogP contribution is -2.24. The summed E-state index contributed by atoms with van der Waals surface area (Å²) in [4.78, 5) is 15.3. The number of unbranched alkanes of at least 4 members (excludes halogenated alkanes) is 1. The monoisotopic (exact) mass is 223 g/mol. The second-order valence-corrected chi connectivity index (χ2v) is 3.27. The number of aromatic nitrogens is 1. The normalized spacial score (nSPS) is 9.33. The number of hydrogen-bond acceptors (Lipinski definition) is 3. The summed E-state index contributed by atoms with van der Waals surface area (Å²) in [6.45, 7) is 0.492. The van der Waals surface area contributed by atoms with Gasteiger partial charge in [-0.2, -0.15) is 5.26 Å². The number of nitriles is 1. The molecule has 0 fully saturated rings. The molecular formula is C10H10ClN3O. The van der Waals surface area contributed by atoms with Gasteiger partial charge in [0.2, 0.25) is 0 Å². The molecule has 0 saturated heterocycles. The Morgan fingerprint density at radius 2 is 2.47 bits per heavy atom. The van der Waals surface area contributed by atoms with Crippen molar-refractivity contribution < 1.29 is 4.79 Å². The van der Waals surface area contributed by atoms with Crippen LogP contribution in [-0.2, 0) is 0 Å². The highest BCUT2D eigenvalue weighted by Gasteiger charge is 2.04. The summed E-state index contributed by atoms with van der Waals surface area (Å²) in [6.07, 6.45) is 2.57. The Bertz CT molecular complexity index is 386. The molecule has 0 unspecified atom stereocenters. The highest BCUT2D eigenvalue weighted by Crippen LogP contribution is 2.06. The Balaban J connectivity index is 2.44. The van der Waals surface area contributed by atoms with E-state index in [1.165, 1.54) is 12.3 Å². The quantitative estimate of drug-likeness (QED) is 0.625. The predicted octanol–water partition coefficient (Wildman–Crippen LogP) is 1.77. The molecule has 1 N–H and O–H groups in total. The van der Waals surface area contributed by atoms with Gasteiger partial charge in [0, 0.05) is 24.7 Å². The van der Waals surface area contributed by atoms with Gasteiger partial charge in [0.05, 0.1) is 6.07 Å². The number of amides is 1. The number of rotatable bonds is 4. The molecule has 1 rings (SSSR count). The summed E-state index contributed by atoms with van der Waals surface area (Å²) in [6, 6.07) is 5.10. The third kappa shape index (κ3) is 3.96. The van der Waals surface area contributed by atoms with Crippen LogP contribution in [0.15, 0.2) is 18.3 Å².